The first-order valence-electron chi connectivity index (χ1n) is 7.22. The van der Waals surface area contributed by atoms with Crippen molar-refractivity contribution in [2.24, 2.45) is 5.10 Å². The van der Waals surface area contributed by atoms with Crippen molar-refractivity contribution >= 4 is 28.8 Å². The highest BCUT2D eigenvalue weighted by atomic mass is 16.6. The molecule has 0 radical (unpaired) electrons. The predicted molar refractivity (Wildman–Crippen MR) is 88.0 cm³/mol. The molecule has 1 amide bonds. The summed E-state index contributed by atoms with van der Waals surface area (Å²) >= 11 is 0. The zero-order valence-electron chi connectivity index (χ0n) is 12.8. The number of rotatable bonds is 5. The number of fused-ring (bicyclic) bond motifs is 1. The Morgan fingerprint density at radius 1 is 1.32 bits per heavy atom. The van der Waals surface area contributed by atoms with Crippen LogP contribution in [0.1, 0.15) is 5.56 Å². The average Bonchev–Trinajstić information content (AvgIpc) is 2.99. The Labute approximate surface area is 141 Å². The molecule has 0 saturated carbocycles. The fourth-order valence-electron chi connectivity index (χ4n) is 2.25. The minimum absolute atomic E-state index is 0.00295. The maximum absolute atomic E-state index is 11.9. The highest BCUT2D eigenvalue weighted by Crippen LogP contribution is 2.19. The van der Waals surface area contributed by atoms with E-state index in [0.29, 0.717) is 0 Å². The third-order valence-corrected chi connectivity index (χ3v) is 3.44. The van der Waals surface area contributed by atoms with Crippen LogP contribution in [0.3, 0.4) is 0 Å². The van der Waals surface area contributed by atoms with Crippen LogP contribution in [-0.4, -0.2) is 26.6 Å². The van der Waals surface area contributed by atoms with Gasteiger partial charge in [-0.2, -0.15) is 5.10 Å². The summed E-state index contributed by atoms with van der Waals surface area (Å²) in [6, 6.07) is 10.7. The topological polar surface area (TPSA) is 125 Å². The van der Waals surface area contributed by atoms with Gasteiger partial charge < -0.3 is 9.67 Å². The summed E-state index contributed by atoms with van der Waals surface area (Å²) in [4.78, 5) is 26.2. The van der Waals surface area contributed by atoms with Gasteiger partial charge in [0.2, 0.25) is 0 Å². The third kappa shape index (κ3) is 3.61. The lowest BCUT2D eigenvalue weighted by Gasteiger charge is -2.08. The minimum atomic E-state index is -0.612. The summed E-state index contributed by atoms with van der Waals surface area (Å²) in [6.07, 6.45) is 2.63. The minimum Gasteiger partial charge on any atom is -0.872 e. The van der Waals surface area contributed by atoms with Gasteiger partial charge in [0, 0.05) is 12.1 Å². The molecule has 2 aromatic carbocycles. The fraction of sp³-hybridized carbons (Fsp3) is 0.0625. The zero-order chi connectivity index (χ0) is 17.8. The quantitative estimate of drug-likeness (QED) is 0.424. The number of para-hydroxylation sites is 2. The number of carbonyl (C=O) groups is 1. The maximum Gasteiger partial charge on any atom is 0.270 e. The smallest absolute Gasteiger partial charge is 0.270 e. The van der Waals surface area contributed by atoms with Gasteiger partial charge in [0.25, 0.3) is 11.6 Å². The lowest BCUT2D eigenvalue weighted by molar-refractivity contribution is -0.385. The van der Waals surface area contributed by atoms with E-state index in [-0.39, 0.29) is 17.8 Å². The van der Waals surface area contributed by atoms with Crippen molar-refractivity contribution in [2.75, 3.05) is 0 Å². The van der Waals surface area contributed by atoms with E-state index in [1.54, 1.807) is 10.9 Å². The van der Waals surface area contributed by atoms with Crippen molar-refractivity contribution in [3.05, 3.63) is 64.5 Å². The lowest BCUT2D eigenvalue weighted by atomic mass is 10.2. The van der Waals surface area contributed by atoms with Crippen molar-refractivity contribution in [1.82, 2.24) is 15.0 Å². The molecule has 1 aromatic heterocycles. The normalized spacial score (nSPS) is 11.0. The number of nitro benzene ring substituents is 1. The molecule has 0 aliphatic heterocycles. The molecule has 0 fully saturated rings. The zero-order valence-corrected chi connectivity index (χ0v) is 12.8. The summed E-state index contributed by atoms with van der Waals surface area (Å²) < 4.78 is 1.66. The Bertz CT molecular complexity index is 980. The maximum atomic E-state index is 11.9. The lowest BCUT2D eigenvalue weighted by Crippen LogP contribution is -2.22. The second-order valence-electron chi connectivity index (χ2n) is 5.13. The number of aromatic nitrogens is 2. The number of benzene rings is 2. The van der Waals surface area contributed by atoms with Crippen LogP contribution >= 0.6 is 0 Å². The number of non-ortho nitro benzene ring substituents is 1. The van der Waals surface area contributed by atoms with Crippen molar-refractivity contribution < 1.29 is 14.8 Å². The Morgan fingerprint density at radius 2 is 2.12 bits per heavy atom. The van der Waals surface area contributed by atoms with Crippen molar-refractivity contribution in [2.45, 2.75) is 6.54 Å². The molecule has 0 saturated heterocycles. The number of hydrazone groups is 1. The van der Waals surface area contributed by atoms with Crippen LogP contribution in [0.4, 0.5) is 5.69 Å². The molecule has 0 spiro atoms. The largest absolute Gasteiger partial charge is 0.872 e. The monoisotopic (exact) mass is 338 g/mol. The molecule has 0 aliphatic rings. The second-order valence-corrected chi connectivity index (χ2v) is 5.13. The average molecular weight is 338 g/mol. The summed E-state index contributed by atoms with van der Waals surface area (Å²) in [6.45, 7) is -0.00295. The molecule has 3 aromatic rings. The van der Waals surface area contributed by atoms with E-state index in [0.717, 1.165) is 35.4 Å². The van der Waals surface area contributed by atoms with Gasteiger partial charge in [0.05, 0.1) is 28.5 Å². The summed E-state index contributed by atoms with van der Waals surface area (Å²) in [7, 11) is 0. The van der Waals surface area contributed by atoms with Gasteiger partial charge >= 0.3 is 0 Å². The first-order chi connectivity index (χ1) is 12.0. The van der Waals surface area contributed by atoms with Crippen LogP contribution in [0.2, 0.25) is 0 Å². The number of amides is 1. The molecular weight excluding hydrogens is 326 g/mol. The van der Waals surface area contributed by atoms with E-state index >= 15 is 0 Å². The van der Waals surface area contributed by atoms with Crippen molar-refractivity contribution in [1.29, 1.82) is 0 Å². The Hall–Kier alpha value is -3.75. The van der Waals surface area contributed by atoms with Crippen LogP contribution in [0, 0.1) is 10.1 Å². The van der Waals surface area contributed by atoms with Crippen molar-refractivity contribution in [3.8, 4) is 5.75 Å². The highest BCUT2D eigenvalue weighted by molar-refractivity contribution is 5.86. The number of hydrogen-bond donors (Lipinski definition) is 1. The Morgan fingerprint density at radius 3 is 2.92 bits per heavy atom. The Kier molecular flexibility index (Phi) is 4.38. The predicted octanol–water partition coefficient (Wildman–Crippen LogP) is 1.17. The van der Waals surface area contributed by atoms with Gasteiger partial charge in [0.15, 0.2) is 0 Å². The number of carbonyl (C=O) groups excluding carboxylic acids is 1. The Balaban J connectivity index is 1.67. The molecule has 0 bridgehead atoms. The molecule has 9 heteroatoms. The van der Waals surface area contributed by atoms with Crippen LogP contribution in [0.5, 0.6) is 5.75 Å². The molecule has 9 nitrogen and oxygen atoms in total. The number of imidazole rings is 1. The molecule has 126 valence electrons. The van der Waals surface area contributed by atoms with Crippen LogP contribution in [-0.2, 0) is 11.3 Å². The summed E-state index contributed by atoms with van der Waals surface area (Å²) in [5, 5.41) is 26.0. The molecule has 1 heterocycles. The van der Waals surface area contributed by atoms with Gasteiger partial charge in [-0.25, -0.2) is 10.4 Å². The summed E-state index contributed by atoms with van der Waals surface area (Å²) in [5.74, 6) is -0.846. The van der Waals surface area contributed by atoms with Crippen LogP contribution in [0.15, 0.2) is 53.9 Å². The van der Waals surface area contributed by atoms with E-state index in [1.807, 2.05) is 24.3 Å². The van der Waals surface area contributed by atoms with Gasteiger partial charge in [-0.1, -0.05) is 23.9 Å². The number of hydrogen-bond acceptors (Lipinski definition) is 6. The molecule has 0 aliphatic carbocycles. The molecule has 25 heavy (non-hydrogen) atoms. The molecular formula is C16H12N5O4-. The van der Waals surface area contributed by atoms with E-state index in [9.17, 15) is 20.0 Å². The van der Waals surface area contributed by atoms with Crippen LogP contribution < -0.4 is 10.5 Å². The highest BCUT2D eigenvalue weighted by Gasteiger charge is 2.07. The van der Waals surface area contributed by atoms with Crippen molar-refractivity contribution in [3.63, 3.8) is 0 Å². The number of nitrogens with zero attached hydrogens (tertiary/aromatic N) is 4. The standard InChI is InChI=1S/C16H13N5O4/c22-15-6-5-12(21(24)25)7-11(15)8-18-19-16(23)9-20-10-17-13-3-1-2-4-14(13)20/h1-8,10,22H,9H2,(H,19,23)/p-1/b18-8-. The van der Waals surface area contributed by atoms with Gasteiger partial charge in [-0.3, -0.25) is 14.9 Å². The van der Waals surface area contributed by atoms with Gasteiger partial charge in [-0.15, -0.1) is 0 Å². The number of nitrogens with one attached hydrogen (secondary N) is 1. The first-order valence-corrected chi connectivity index (χ1v) is 7.22. The van der Waals surface area contributed by atoms with E-state index in [4.69, 9.17) is 0 Å². The third-order valence-electron chi connectivity index (χ3n) is 3.44. The SMILES string of the molecule is O=C(Cn1cnc2ccccc21)N/N=C\c1cc([N+](=O)[O-])ccc1[O-]. The van der Waals surface area contributed by atoms with E-state index in [2.05, 4.69) is 15.5 Å². The first kappa shape index (κ1) is 16.1. The molecule has 0 atom stereocenters. The molecule has 3 rings (SSSR count). The summed E-state index contributed by atoms with van der Waals surface area (Å²) in [5.41, 5.74) is 3.65. The molecule has 0 unspecified atom stereocenters. The molecule has 1 N–H and O–H groups in total. The second kappa shape index (κ2) is 6.79. The van der Waals surface area contributed by atoms with Gasteiger partial charge in [0.1, 0.15) is 6.54 Å². The van der Waals surface area contributed by atoms with Crippen LogP contribution in [0.25, 0.3) is 11.0 Å². The van der Waals surface area contributed by atoms with Gasteiger partial charge in [-0.05, 0) is 17.7 Å². The van der Waals surface area contributed by atoms with E-state index < -0.39 is 16.6 Å². The number of nitro groups is 1. The fourth-order valence-corrected chi connectivity index (χ4v) is 2.25. The van der Waals surface area contributed by atoms with E-state index in [1.165, 1.54) is 0 Å².